The number of esters is 2. The van der Waals surface area contributed by atoms with Crippen LogP contribution in [0.1, 0.15) is 35.8 Å². The summed E-state index contributed by atoms with van der Waals surface area (Å²) in [5.41, 5.74) is 0.927. The van der Waals surface area contributed by atoms with Crippen LogP contribution in [0, 0.1) is 11.3 Å². The maximum atomic E-state index is 13.7. The maximum Gasteiger partial charge on any atom is 0.325 e. The topological polar surface area (TPSA) is 65.1 Å². The van der Waals surface area contributed by atoms with Crippen molar-refractivity contribution < 1.29 is 23.9 Å². The molecular weight excluding hydrogens is 430 g/mol. The first-order chi connectivity index (χ1) is 16.5. The SMILES string of the molecule is COC(=O)C1(C(=O)OC)[C@@H](C)[C@H](c2ccccc2)ON(Cc2ccccc2)[C@@H]1c1ccccc1. The maximum absolute atomic E-state index is 13.7. The smallest absolute Gasteiger partial charge is 0.325 e. The Labute approximate surface area is 200 Å². The Morgan fingerprint density at radius 2 is 1.26 bits per heavy atom. The molecule has 0 bridgehead atoms. The van der Waals surface area contributed by atoms with E-state index in [-0.39, 0.29) is 0 Å². The Balaban J connectivity index is 1.95. The summed E-state index contributed by atoms with van der Waals surface area (Å²) in [5.74, 6) is -1.89. The summed E-state index contributed by atoms with van der Waals surface area (Å²) in [5, 5.41) is 1.73. The fourth-order valence-corrected chi connectivity index (χ4v) is 4.98. The molecule has 3 aromatic rings. The molecule has 0 saturated carbocycles. The number of hydrogen-bond donors (Lipinski definition) is 0. The fraction of sp³-hybridized carbons (Fsp3) is 0.286. The van der Waals surface area contributed by atoms with Crippen LogP contribution in [0.25, 0.3) is 0 Å². The molecule has 0 unspecified atom stereocenters. The van der Waals surface area contributed by atoms with Crippen molar-refractivity contribution in [2.75, 3.05) is 14.2 Å². The van der Waals surface area contributed by atoms with Crippen molar-refractivity contribution >= 4 is 11.9 Å². The van der Waals surface area contributed by atoms with Crippen molar-refractivity contribution in [3.8, 4) is 0 Å². The minimum Gasteiger partial charge on any atom is -0.468 e. The van der Waals surface area contributed by atoms with Crippen molar-refractivity contribution in [3.63, 3.8) is 0 Å². The Bertz CT molecular complexity index is 1090. The van der Waals surface area contributed by atoms with Gasteiger partial charge in [-0.3, -0.25) is 14.4 Å². The van der Waals surface area contributed by atoms with Gasteiger partial charge < -0.3 is 9.47 Å². The van der Waals surface area contributed by atoms with E-state index in [9.17, 15) is 9.59 Å². The number of methoxy groups -OCH3 is 2. The Morgan fingerprint density at radius 1 is 0.794 bits per heavy atom. The number of ether oxygens (including phenoxy) is 2. The van der Waals surface area contributed by atoms with Gasteiger partial charge in [-0.2, -0.15) is 5.06 Å². The molecule has 1 aliphatic rings. The lowest BCUT2D eigenvalue weighted by atomic mass is 9.64. The zero-order valence-electron chi connectivity index (χ0n) is 19.6. The Morgan fingerprint density at radius 3 is 1.76 bits per heavy atom. The van der Waals surface area contributed by atoms with E-state index in [1.54, 1.807) is 5.06 Å². The Hall–Kier alpha value is -3.48. The number of hydroxylamine groups is 2. The second-order valence-corrected chi connectivity index (χ2v) is 8.45. The van der Waals surface area contributed by atoms with E-state index in [2.05, 4.69) is 0 Å². The lowest BCUT2D eigenvalue weighted by Gasteiger charge is -2.52. The molecule has 34 heavy (non-hydrogen) atoms. The van der Waals surface area contributed by atoms with Gasteiger partial charge in [-0.1, -0.05) is 97.9 Å². The summed E-state index contributed by atoms with van der Waals surface area (Å²) in [6, 6.07) is 28.1. The van der Waals surface area contributed by atoms with Gasteiger partial charge in [0.15, 0.2) is 5.41 Å². The molecule has 1 heterocycles. The van der Waals surface area contributed by atoms with Crippen LogP contribution < -0.4 is 0 Å². The molecule has 1 saturated heterocycles. The zero-order valence-corrected chi connectivity index (χ0v) is 19.6. The van der Waals surface area contributed by atoms with Crippen molar-refractivity contribution in [1.82, 2.24) is 5.06 Å². The molecule has 0 N–H and O–H groups in total. The normalized spacial score (nSPS) is 22.0. The van der Waals surface area contributed by atoms with E-state index in [1.807, 2.05) is 97.9 Å². The number of nitrogens with zero attached hydrogens (tertiary/aromatic N) is 1. The molecule has 0 radical (unpaired) electrons. The summed E-state index contributed by atoms with van der Waals surface area (Å²) in [6.07, 6.45) is -0.580. The molecular formula is C28H29NO5. The number of carbonyl (C=O) groups excluding carboxylic acids is 2. The molecule has 1 aliphatic heterocycles. The summed E-state index contributed by atoms with van der Waals surface area (Å²) in [4.78, 5) is 33.9. The first-order valence-corrected chi connectivity index (χ1v) is 11.3. The van der Waals surface area contributed by atoms with Crippen LogP contribution in [0.15, 0.2) is 91.0 Å². The summed E-state index contributed by atoms with van der Waals surface area (Å²) in [7, 11) is 2.60. The Kier molecular flexibility index (Phi) is 7.10. The highest BCUT2D eigenvalue weighted by Crippen LogP contribution is 2.56. The first-order valence-electron chi connectivity index (χ1n) is 11.3. The van der Waals surface area contributed by atoms with Gasteiger partial charge in [0.25, 0.3) is 0 Å². The minimum atomic E-state index is -1.67. The van der Waals surface area contributed by atoms with Crippen molar-refractivity contribution in [1.29, 1.82) is 0 Å². The van der Waals surface area contributed by atoms with Gasteiger partial charge in [-0.05, 0) is 16.7 Å². The van der Waals surface area contributed by atoms with Gasteiger partial charge in [0, 0.05) is 12.5 Å². The van der Waals surface area contributed by atoms with Crippen molar-refractivity contribution in [2.24, 2.45) is 11.3 Å². The van der Waals surface area contributed by atoms with Gasteiger partial charge in [0.2, 0.25) is 0 Å². The lowest BCUT2D eigenvalue weighted by Crippen LogP contribution is -2.60. The standard InChI is InChI=1S/C28H29NO5/c1-20-24(22-15-9-5-10-16-22)34-29(19-21-13-7-4-8-14-21)25(23-17-11-6-12-18-23)28(20,26(30)32-2)27(31)33-3/h4-18,20,24-25H,19H2,1-3H3/t20-,24+,25+/m0/s1. The number of hydrogen-bond acceptors (Lipinski definition) is 6. The molecule has 0 spiro atoms. The number of rotatable bonds is 6. The van der Waals surface area contributed by atoms with E-state index < -0.39 is 35.4 Å². The van der Waals surface area contributed by atoms with E-state index in [1.165, 1.54) is 14.2 Å². The van der Waals surface area contributed by atoms with E-state index in [4.69, 9.17) is 14.3 Å². The molecule has 6 nitrogen and oxygen atoms in total. The van der Waals surface area contributed by atoms with Crippen LogP contribution in [0.2, 0.25) is 0 Å². The quantitative estimate of drug-likeness (QED) is 0.387. The third-order valence-corrected chi connectivity index (χ3v) is 6.61. The monoisotopic (exact) mass is 459 g/mol. The average molecular weight is 460 g/mol. The molecule has 4 rings (SSSR count). The second-order valence-electron chi connectivity index (χ2n) is 8.45. The van der Waals surface area contributed by atoms with Gasteiger partial charge in [-0.25, -0.2) is 0 Å². The van der Waals surface area contributed by atoms with E-state index >= 15 is 0 Å². The highest BCUT2D eigenvalue weighted by molar-refractivity contribution is 6.01. The predicted octanol–water partition coefficient (Wildman–Crippen LogP) is 4.88. The van der Waals surface area contributed by atoms with Gasteiger partial charge in [0.05, 0.1) is 20.3 Å². The number of benzene rings is 3. The third-order valence-electron chi connectivity index (χ3n) is 6.61. The van der Waals surface area contributed by atoms with Crippen molar-refractivity contribution in [2.45, 2.75) is 25.6 Å². The molecule has 0 aliphatic carbocycles. The largest absolute Gasteiger partial charge is 0.468 e. The molecule has 3 aromatic carbocycles. The summed E-state index contributed by atoms with van der Waals surface area (Å²) < 4.78 is 10.6. The second kappa shape index (κ2) is 10.2. The van der Waals surface area contributed by atoms with Crippen LogP contribution in [0.5, 0.6) is 0 Å². The average Bonchev–Trinajstić information content (AvgIpc) is 2.90. The van der Waals surface area contributed by atoms with E-state index in [0.29, 0.717) is 6.54 Å². The van der Waals surface area contributed by atoms with E-state index in [0.717, 1.165) is 16.7 Å². The molecule has 0 amide bonds. The highest BCUT2D eigenvalue weighted by Gasteiger charge is 2.66. The molecule has 6 heteroatoms. The van der Waals surface area contributed by atoms with Crippen molar-refractivity contribution in [3.05, 3.63) is 108 Å². The first kappa shape index (κ1) is 23.7. The molecule has 3 atom stereocenters. The van der Waals surface area contributed by atoms with Crippen LogP contribution in [0.4, 0.5) is 0 Å². The lowest BCUT2D eigenvalue weighted by molar-refractivity contribution is -0.313. The van der Waals surface area contributed by atoms with Crippen LogP contribution in [-0.4, -0.2) is 31.2 Å². The summed E-state index contributed by atoms with van der Waals surface area (Å²) in [6.45, 7) is 2.20. The van der Waals surface area contributed by atoms with Gasteiger partial charge >= 0.3 is 11.9 Å². The van der Waals surface area contributed by atoms with Gasteiger partial charge in [-0.15, -0.1) is 0 Å². The van der Waals surface area contributed by atoms with Crippen LogP contribution in [-0.2, 0) is 30.4 Å². The highest BCUT2D eigenvalue weighted by atomic mass is 16.7. The zero-order chi connectivity index (χ0) is 24.1. The van der Waals surface area contributed by atoms with Crippen LogP contribution >= 0.6 is 0 Å². The predicted molar refractivity (Wildman–Crippen MR) is 127 cm³/mol. The third kappa shape index (κ3) is 4.11. The van der Waals surface area contributed by atoms with Crippen LogP contribution in [0.3, 0.4) is 0 Å². The minimum absolute atomic E-state index is 0.353. The molecule has 0 aromatic heterocycles. The number of carbonyl (C=O) groups is 2. The fourth-order valence-electron chi connectivity index (χ4n) is 4.98. The van der Waals surface area contributed by atoms with Gasteiger partial charge in [0.1, 0.15) is 6.10 Å². The molecule has 176 valence electrons. The molecule has 1 fully saturated rings. The summed E-state index contributed by atoms with van der Waals surface area (Å²) >= 11 is 0.